The molecule has 1 saturated heterocycles. The van der Waals surface area contributed by atoms with E-state index < -0.39 is 6.09 Å². The molecule has 9 nitrogen and oxygen atoms in total. The maximum atomic E-state index is 12.3. The van der Waals surface area contributed by atoms with Gasteiger partial charge in [-0.1, -0.05) is 12.1 Å². The van der Waals surface area contributed by atoms with Gasteiger partial charge in [0.15, 0.2) is 0 Å². The number of hydrogen-bond donors (Lipinski definition) is 1. The van der Waals surface area contributed by atoms with Gasteiger partial charge in [0.2, 0.25) is 5.43 Å². The van der Waals surface area contributed by atoms with E-state index in [1.165, 1.54) is 6.07 Å². The molecule has 1 aromatic carbocycles. The number of aromatic nitrogens is 4. The zero-order valence-corrected chi connectivity index (χ0v) is 17.4. The Labute approximate surface area is 179 Å². The smallest absolute Gasteiger partial charge is 0.411 e. The van der Waals surface area contributed by atoms with Gasteiger partial charge in [-0.3, -0.25) is 14.8 Å². The molecular weight excluding hydrogens is 398 g/mol. The van der Waals surface area contributed by atoms with Crippen LogP contribution in [0.25, 0.3) is 5.69 Å². The molecule has 9 heteroatoms. The quantitative estimate of drug-likeness (QED) is 0.654. The van der Waals surface area contributed by atoms with Crippen molar-refractivity contribution in [1.82, 2.24) is 19.6 Å². The summed E-state index contributed by atoms with van der Waals surface area (Å²) in [6.45, 7) is 1.82. The second kappa shape index (κ2) is 9.57. The Morgan fingerprint density at radius 2 is 2.13 bits per heavy atom. The average molecular weight is 423 g/mol. The van der Waals surface area contributed by atoms with Gasteiger partial charge in [0.05, 0.1) is 19.0 Å². The summed E-state index contributed by atoms with van der Waals surface area (Å²) in [6.07, 6.45) is 6.78. The fourth-order valence-corrected chi connectivity index (χ4v) is 3.45. The molecule has 0 spiro atoms. The summed E-state index contributed by atoms with van der Waals surface area (Å²) in [5, 5.41) is 11.3. The van der Waals surface area contributed by atoms with Crippen molar-refractivity contribution in [3.8, 4) is 5.69 Å². The maximum Gasteiger partial charge on any atom is 0.411 e. The number of ether oxygens (including phenoxy) is 2. The normalized spacial score (nSPS) is 14.4. The predicted octanol–water partition coefficient (Wildman–Crippen LogP) is 2.53. The SMILES string of the molecule is Cn1cc(-n2ccc(=O)c(Cc3cccc(NC(=O)OCC4CCOCC4)c3)n2)cn1. The van der Waals surface area contributed by atoms with E-state index in [-0.39, 0.29) is 5.43 Å². The van der Waals surface area contributed by atoms with Crippen molar-refractivity contribution in [2.24, 2.45) is 13.0 Å². The third-order valence-electron chi connectivity index (χ3n) is 5.17. The van der Waals surface area contributed by atoms with Crippen molar-refractivity contribution in [3.05, 3.63) is 70.4 Å². The van der Waals surface area contributed by atoms with Crippen LogP contribution in [0.3, 0.4) is 0 Å². The second-order valence-corrected chi connectivity index (χ2v) is 7.60. The molecule has 0 unspecified atom stereocenters. The van der Waals surface area contributed by atoms with Crippen molar-refractivity contribution >= 4 is 11.8 Å². The van der Waals surface area contributed by atoms with Gasteiger partial charge in [0.25, 0.3) is 0 Å². The van der Waals surface area contributed by atoms with Crippen molar-refractivity contribution in [1.29, 1.82) is 0 Å². The molecule has 2 aromatic heterocycles. The van der Waals surface area contributed by atoms with Gasteiger partial charge in [0, 0.05) is 44.6 Å². The Balaban J connectivity index is 1.40. The van der Waals surface area contributed by atoms with Gasteiger partial charge in [-0.15, -0.1) is 0 Å². The fourth-order valence-electron chi connectivity index (χ4n) is 3.45. The van der Waals surface area contributed by atoms with E-state index in [4.69, 9.17) is 9.47 Å². The third kappa shape index (κ3) is 5.58. The number of nitrogens with zero attached hydrogens (tertiary/aromatic N) is 4. The Morgan fingerprint density at radius 3 is 2.90 bits per heavy atom. The van der Waals surface area contributed by atoms with Crippen molar-refractivity contribution in [3.63, 3.8) is 0 Å². The first-order valence-electron chi connectivity index (χ1n) is 10.2. The summed E-state index contributed by atoms with van der Waals surface area (Å²) in [6, 6.07) is 8.81. The molecule has 1 aliphatic heterocycles. The maximum absolute atomic E-state index is 12.3. The molecule has 1 fully saturated rings. The highest BCUT2D eigenvalue weighted by Gasteiger charge is 2.16. The zero-order chi connectivity index (χ0) is 21.6. The van der Waals surface area contributed by atoms with E-state index in [0.717, 1.165) is 24.1 Å². The van der Waals surface area contributed by atoms with Gasteiger partial charge < -0.3 is 9.47 Å². The molecule has 1 amide bonds. The highest BCUT2D eigenvalue weighted by Crippen LogP contribution is 2.16. The van der Waals surface area contributed by atoms with Crippen LogP contribution in [0.5, 0.6) is 0 Å². The van der Waals surface area contributed by atoms with Crippen LogP contribution >= 0.6 is 0 Å². The van der Waals surface area contributed by atoms with Crippen molar-refractivity contribution in [2.75, 3.05) is 25.1 Å². The number of carbonyl (C=O) groups excluding carboxylic acids is 1. The highest BCUT2D eigenvalue weighted by atomic mass is 16.5. The first-order chi connectivity index (χ1) is 15.1. The van der Waals surface area contributed by atoms with E-state index in [1.807, 2.05) is 31.4 Å². The molecule has 162 valence electrons. The van der Waals surface area contributed by atoms with E-state index in [9.17, 15) is 9.59 Å². The van der Waals surface area contributed by atoms with E-state index >= 15 is 0 Å². The van der Waals surface area contributed by atoms with Crippen LogP contribution in [0, 0.1) is 5.92 Å². The molecule has 3 aromatic rings. The summed E-state index contributed by atoms with van der Waals surface area (Å²) < 4.78 is 14.0. The van der Waals surface area contributed by atoms with Crippen molar-refractivity contribution in [2.45, 2.75) is 19.3 Å². The van der Waals surface area contributed by atoms with Gasteiger partial charge in [-0.2, -0.15) is 10.2 Å². The molecule has 0 atom stereocenters. The summed E-state index contributed by atoms with van der Waals surface area (Å²) in [7, 11) is 1.82. The number of rotatable bonds is 6. The van der Waals surface area contributed by atoms with E-state index in [0.29, 0.717) is 43.5 Å². The Bertz CT molecular complexity index is 1100. The summed E-state index contributed by atoms with van der Waals surface area (Å²) in [4.78, 5) is 24.5. The average Bonchev–Trinajstić information content (AvgIpc) is 3.21. The van der Waals surface area contributed by atoms with Crippen molar-refractivity contribution < 1.29 is 14.3 Å². The molecule has 0 saturated carbocycles. The molecule has 4 rings (SSSR count). The van der Waals surface area contributed by atoms with Crippen LogP contribution < -0.4 is 10.7 Å². The van der Waals surface area contributed by atoms with Crippen LogP contribution in [0.1, 0.15) is 24.1 Å². The van der Waals surface area contributed by atoms with E-state index in [2.05, 4.69) is 15.5 Å². The molecule has 0 bridgehead atoms. The summed E-state index contributed by atoms with van der Waals surface area (Å²) in [5.74, 6) is 0.344. The largest absolute Gasteiger partial charge is 0.449 e. The molecule has 1 aliphatic rings. The van der Waals surface area contributed by atoms with Crippen LogP contribution in [0.15, 0.2) is 53.7 Å². The number of carbonyl (C=O) groups is 1. The molecule has 31 heavy (non-hydrogen) atoms. The third-order valence-corrected chi connectivity index (χ3v) is 5.17. The molecular formula is C22H25N5O4. The number of aryl methyl sites for hydroxylation is 1. The minimum absolute atomic E-state index is 0.144. The van der Waals surface area contributed by atoms with Crippen LogP contribution in [-0.2, 0) is 22.9 Å². The Kier molecular flexibility index (Phi) is 6.42. The number of nitrogens with one attached hydrogen (secondary N) is 1. The minimum atomic E-state index is -0.486. The summed E-state index contributed by atoms with van der Waals surface area (Å²) in [5.41, 5.74) is 2.50. The number of amides is 1. The second-order valence-electron chi connectivity index (χ2n) is 7.60. The standard InChI is InChI=1S/C22H25N5O4/c1-26-14-19(13-23-26)27-8-5-21(28)20(25-27)12-17-3-2-4-18(11-17)24-22(29)31-15-16-6-9-30-10-7-16/h2-5,8,11,13-14,16H,6-7,9-10,12,15H2,1H3,(H,24,29). The van der Waals surface area contributed by atoms with Gasteiger partial charge in [-0.05, 0) is 36.5 Å². The lowest BCUT2D eigenvalue weighted by Crippen LogP contribution is -2.23. The molecule has 3 heterocycles. The van der Waals surface area contributed by atoms with Crippen LogP contribution in [0.2, 0.25) is 0 Å². The first-order valence-corrected chi connectivity index (χ1v) is 10.2. The monoisotopic (exact) mass is 423 g/mol. The molecule has 1 N–H and O–H groups in total. The predicted molar refractivity (Wildman–Crippen MR) is 114 cm³/mol. The minimum Gasteiger partial charge on any atom is -0.449 e. The van der Waals surface area contributed by atoms with Crippen LogP contribution in [-0.4, -0.2) is 45.5 Å². The lowest BCUT2D eigenvalue weighted by molar-refractivity contribution is 0.0405. The topological polar surface area (TPSA) is 100 Å². The Hall–Kier alpha value is -3.46. The molecule has 0 radical (unpaired) electrons. The number of benzene rings is 1. The van der Waals surface area contributed by atoms with Gasteiger partial charge in [0.1, 0.15) is 11.4 Å². The number of hydrogen-bond acceptors (Lipinski definition) is 6. The molecule has 0 aliphatic carbocycles. The lowest BCUT2D eigenvalue weighted by atomic mass is 10.0. The highest BCUT2D eigenvalue weighted by molar-refractivity contribution is 5.84. The van der Waals surface area contributed by atoms with Gasteiger partial charge in [-0.25, -0.2) is 9.48 Å². The lowest BCUT2D eigenvalue weighted by Gasteiger charge is -2.21. The first kappa shape index (κ1) is 20.8. The van der Waals surface area contributed by atoms with Gasteiger partial charge >= 0.3 is 6.09 Å². The fraction of sp³-hybridized carbons (Fsp3) is 0.364. The number of anilines is 1. The zero-order valence-electron chi connectivity index (χ0n) is 17.4. The summed E-state index contributed by atoms with van der Waals surface area (Å²) >= 11 is 0. The van der Waals surface area contributed by atoms with E-state index in [1.54, 1.807) is 27.8 Å². The van der Waals surface area contributed by atoms with Crippen LogP contribution in [0.4, 0.5) is 10.5 Å². The Morgan fingerprint density at radius 1 is 1.29 bits per heavy atom.